The van der Waals surface area contributed by atoms with Crippen molar-refractivity contribution in [3.63, 3.8) is 0 Å². The largest absolute Gasteiger partial charge is 0.343 e. The number of hydrogen-bond donors (Lipinski definition) is 0. The lowest BCUT2D eigenvalue weighted by atomic mass is 10.3. The van der Waals surface area contributed by atoms with Crippen LogP contribution in [0.2, 0.25) is 0 Å². The molecule has 0 atom stereocenters. The molecule has 0 aliphatic rings. The third-order valence-electron chi connectivity index (χ3n) is 3.14. The van der Waals surface area contributed by atoms with Crippen molar-refractivity contribution in [2.75, 3.05) is 18.8 Å². The molecule has 1 aromatic rings. The maximum atomic E-state index is 11.8. The number of thioether (sulfide) groups is 1. The van der Waals surface area contributed by atoms with Gasteiger partial charge >= 0.3 is 0 Å². The van der Waals surface area contributed by atoms with Crippen molar-refractivity contribution < 1.29 is 4.79 Å². The lowest BCUT2D eigenvalue weighted by Gasteiger charge is -2.18. The number of rotatable bonds is 10. The van der Waals surface area contributed by atoms with Gasteiger partial charge in [-0.15, -0.1) is 5.10 Å². The molecular formula is C13H25N5OS. The molecule has 0 radical (unpaired) electrons. The van der Waals surface area contributed by atoms with Crippen molar-refractivity contribution in [1.29, 1.82) is 0 Å². The smallest absolute Gasteiger partial charge is 0.223 e. The maximum absolute atomic E-state index is 11.8. The molecule has 0 saturated heterocycles. The fourth-order valence-electron chi connectivity index (χ4n) is 1.87. The van der Waals surface area contributed by atoms with E-state index in [-0.39, 0.29) is 5.91 Å². The van der Waals surface area contributed by atoms with E-state index in [4.69, 9.17) is 0 Å². The average molecular weight is 299 g/mol. The van der Waals surface area contributed by atoms with Gasteiger partial charge in [-0.2, -0.15) is 11.8 Å². The van der Waals surface area contributed by atoms with Gasteiger partial charge in [0.1, 0.15) is 0 Å². The molecule has 0 aromatic carbocycles. The van der Waals surface area contributed by atoms with Crippen LogP contribution in [0, 0.1) is 0 Å². The van der Waals surface area contributed by atoms with Crippen LogP contribution in [0.25, 0.3) is 0 Å². The number of hydrogen-bond acceptors (Lipinski definition) is 5. The van der Waals surface area contributed by atoms with Crippen LogP contribution < -0.4 is 0 Å². The van der Waals surface area contributed by atoms with Crippen LogP contribution in [0.3, 0.4) is 0 Å². The normalized spacial score (nSPS) is 10.8. The quantitative estimate of drug-likeness (QED) is 0.618. The molecule has 1 heterocycles. The Labute approximate surface area is 125 Å². The van der Waals surface area contributed by atoms with Crippen LogP contribution in [0.15, 0.2) is 0 Å². The summed E-state index contributed by atoms with van der Waals surface area (Å²) >= 11 is 1.71. The van der Waals surface area contributed by atoms with Crippen LogP contribution in [0.5, 0.6) is 0 Å². The van der Waals surface area contributed by atoms with Crippen molar-refractivity contribution in [2.24, 2.45) is 0 Å². The third kappa shape index (κ3) is 5.48. The molecule has 7 heteroatoms. The minimum Gasteiger partial charge on any atom is -0.343 e. The van der Waals surface area contributed by atoms with E-state index >= 15 is 0 Å². The SMILES string of the molecule is CCCCn1nnnc1CSCCC(=O)N(CC)CC. The zero-order chi connectivity index (χ0) is 14.8. The molecule has 0 aliphatic carbocycles. The standard InChI is InChI=1S/C13H25N5OS/c1-4-7-9-18-12(14-15-16-18)11-20-10-8-13(19)17(5-2)6-3/h4-11H2,1-3H3. The van der Waals surface area contributed by atoms with E-state index < -0.39 is 0 Å². The number of nitrogens with zero attached hydrogens (tertiary/aromatic N) is 5. The zero-order valence-electron chi connectivity index (χ0n) is 12.7. The van der Waals surface area contributed by atoms with Crippen LogP contribution in [0.4, 0.5) is 0 Å². The predicted octanol–water partition coefficient (Wildman–Crippen LogP) is 1.96. The van der Waals surface area contributed by atoms with Crippen LogP contribution in [0.1, 0.15) is 45.9 Å². The van der Waals surface area contributed by atoms with E-state index in [0.717, 1.165) is 49.8 Å². The number of aryl methyl sites for hydroxylation is 1. The Morgan fingerprint density at radius 1 is 1.30 bits per heavy atom. The number of carbonyl (C=O) groups is 1. The number of amides is 1. The molecule has 1 amide bonds. The Morgan fingerprint density at radius 3 is 2.70 bits per heavy atom. The molecule has 1 aromatic heterocycles. The van der Waals surface area contributed by atoms with Crippen LogP contribution in [-0.4, -0.2) is 49.9 Å². The lowest BCUT2D eigenvalue weighted by molar-refractivity contribution is -0.130. The third-order valence-corrected chi connectivity index (χ3v) is 4.09. The second kappa shape index (κ2) is 9.74. The van der Waals surface area contributed by atoms with Crippen molar-refractivity contribution in [1.82, 2.24) is 25.1 Å². The fourth-order valence-corrected chi connectivity index (χ4v) is 2.72. The molecule has 1 rings (SSSR count). The maximum Gasteiger partial charge on any atom is 0.223 e. The molecule has 0 unspecified atom stereocenters. The molecule has 0 aliphatic heterocycles. The van der Waals surface area contributed by atoms with E-state index in [1.54, 1.807) is 11.8 Å². The summed E-state index contributed by atoms with van der Waals surface area (Å²) in [5.74, 6) is 2.71. The average Bonchev–Trinajstić information content (AvgIpc) is 2.90. The minimum atomic E-state index is 0.230. The molecule has 0 N–H and O–H groups in total. The zero-order valence-corrected chi connectivity index (χ0v) is 13.5. The van der Waals surface area contributed by atoms with Crippen molar-refractivity contribution in [3.8, 4) is 0 Å². The van der Waals surface area contributed by atoms with Gasteiger partial charge in [0.05, 0.1) is 5.75 Å². The molecule has 0 fully saturated rings. The summed E-state index contributed by atoms with van der Waals surface area (Å²) in [4.78, 5) is 13.7. The topological polar surface area (TPSA) is 63.9 Å². The van der Waals surface area contributed by atoms with E-state index in [0.29, 0.717) is 6.42 Å². The highest BCUT2D eigenvalue weighted by Gasteiger charge is 2.10. The molecule has 0 bridgehead atoms. The molecule has 6 nitrogen and oxygen atoms in total. The van der Waals surface area contributed by atoms with E-state index in [1.807, 2.05) is 23.4 Å². The molecule has 0 saturated carbocycles. The number of aromatic nitrogens is 4. The molecular weight excluding hydrogens is 274 g/mol. The van der Waals surface area contributed by atoms with Gasteiger partial charge in [0.25, 0.3) is 0 Å². The van der Waals surface area contributed by atoms with Crippen molar-refractivity contribution >= 4 is 17.7 Å². The van der Waals surface area contributed by atoms with Crippen LogP contribution in [-0.2, 0) is 17.1 Å². The molecule has 20 heavy (non-hydrogen) atoms. The monoisotopic (exact) mass is 299 g/mol. The van der Waals surface area contributed by atoms with Gasteiger partial charge in [-0.25, -0.2) is 4.68 Å². The van der Waals surface area contributed by atoms with E-state index in [9.17, 15) is 4.79 Å². The summed E-state index contributed by atoms with van der Waals surface area (Å²) in [5.41, 5.74) is 0. The Hall–Kier alpha value is -1.11. The van der Waals surface area contributed by atoms with Gasteiger partial charge in [0.15, 0.2) is 5.82 Å². The first-order chi connectivity index (χ1) is 9.72. The number of tetrazole rings is 1. The first-order valence-corrected chi connectivity index (χ1v) is 8.48. The van der Waals surface area contributed by atoms with E-state index in [2.05, 4.69) is 22.4 Å². The minimum absolute atomic E-state index is 0.230. The van der Waals surface area contributed by atoms with Gasteiger partial charge in [0, 0.05) is 31.8 Å². The van der Waals surface area contributed by atoms with Gasteiger partial charge in [0.2, 0.25) is 5.91 Å². The summed E-state index contributed by atoms with van der Waals surface area (Å²) in [7, 11) is 0. The lowest BCUT2D eigenvalue weighted by Crippen LogP contribution is -2.30. The van der Waals surface area contributed by atoms with Gasteiger partial charge < -0.3 is 4.90 Å². The summed E-state index contributed by atoms with van der Waals surface area (Å²) in [6.07, 6.45) is 2.80. The van der Waals surface area contributed by atoms with Crippen LogP contribution >= 0.6 is 11.8 Å². The Balaban J connectivity index is 2.27. The first kappa shape index (κ1) is 16.9. The fraction of sp³-hybridized carbons (Fsp3) is 0.846. The van der Waals surface area contributed by atoms with Crippen molar-refractivity contribution in [2.45, 2.75) is 52.3 Å². The Bertz CT molecular complexity index is 392. The molecule has 114 valence electrons. The van der Waals surface area contributed by atoms with Gasteiger partial charge in [-0.1, -0.05) is 13.3 Å². The van der Waals surface area contributed by atoms with Gasteiger partial charge in [-0.05, 0) is 30.7 Å². The second-order valence-electron chi connectivity index (χ2n) is 4.54. The highest BCUT2D eigenvalue weighted by Crippen LogP contribution is 2.11. The predicted molar refractivity (Wildman–Crippen MR) is 81.4 cm³/mol. The first-order valence-electron chi connectivity index (χ1n) is 7.33. The Morgan fingerprint density at radius 2 is 2.05 bits per heavy atom. The van der Waals surface area contributed by atoms with Gasteiger partial charge in [-0.3, -0.25) is 4.79 Å². The summed E-state index contributed by atoms with van der Waals surface area (Å²) < 4.78 is 1.86. The second-order valence-corrected chi connectivity index (χ2v) is 5.65. The Kier molecular flexibility index (Phi) is 8.25. The van der Waals surface area contributed by atoms with Crippen molar-refractivity contribution in [3.05, 3.63) is 5.82 Å². The molecule has 0 spiro atoms. The summed E-state index contributed by atoms with van der Waals surface area (Å²) in [5, 5.41) is 11.7. The summed E-state index contributed by atoms with van der Waals surface area (Å²) in [6.45, 7) is 8.62. The highest BCUT2D eigenvalue weighted by molar-refractivity contribution is 7.98. The number of unbranched alkanes of at least 4 members (excludes halogenated alkanes) is 1. The summed E-state index contributed by atoms with van der Waals surface area (Å²) in [6, 6.07) is 0. The number of carbonyl (C=O) groups excluding carboxylic acids is 1. The highest BCUT2D eigenvalue weighted by atomic mass is 32.2. The van der Waals surface area contributed by atoms with E-state index in [1.165, 1.54) is 0 Å².